The summed E-state index contributed by atoms with van der Waals surface area (Å²) in [6.45, 7) is 24.7. The first-order valence-electron chi connectivity index (χ1n) is 8.50. The van der Waals surface area contributed by atoms with E-state index >= 15 is 0 Å². The van der Waals surface area contributed by atoms with Crippen molar-refractivity contribution in [3.63, 3.8) is 0 Å². The summed E-state index contributed by atoms with van der Waals surface area (Å²) < 4.78 is 6.62. The zero-order chi connectivity index (χ0) is 16.7. The van der Waals surface area contributed by atoms with Crippen LogP contribution in [0.25, 0.3) is 0 Å². The van der Waals surface area contributed by atoms with Gasteiger partial charge in [0, 0.05) is 24.2 Å². The van der Waals surface area contributed by atoms with Crippen molar-refractivity contribution in [2.45, 2.75) is 105 Å². The molecular formula is C18H38N2O. The topological polar surface area (TPSA) is 15.7 Å². The zero-order valence-corrected chi connectivity index (χ0v) is 16.1. The van der Waals surface area contributed by atoms with Crippen molar-refractivity contribution in [2.75, 3.05) is 13.1 Å². The average molecular weight is 299 g/mol. The van der Waals surface area contributed by atoms with Gasteiger partial charge in [0.1, 0.15) is 0 Å². The van der Waals surface area contributed by atoms with Gasteiger partial charge in [0.25, 0.3) is 0 Å². The quantitative estimate of drug-likeness (QED) is 0.761. The molecule has 0 saturated carbocycles. The summed E-state index contributed by atoms with van der Waals surface area (Å²) in [4.78, 5) is 5.09. The predicted molar refractivity (Wildman–Crippen MR) is 91.4 cm³/mol. The van der Waals surface area contributed by atoms with Gasteiger partial charge >= 0.3 is 0 Å². The first kappa shape index (κ1) is 18.9. The molecule has 0 N–H and O–H groups in total. The summed E-state index contributed by atoms with van der Waals surface area (Å²) in [7, 11) is 0. The third-order valence-electron chi connectivity index (χ3n) is 4.45. The Hall–Kier alpha value is -0.120. The Balaban J connectivity index is 3.20. The Morgan fingerprint density at radius 1 is 0.905 bits per heavy atom. The molecule has 0 aliphatic carbocycles. The molecule has 0 aromatic rings. The Morgan fingerprint density at radius 2 is 1.38 bits per heavy atom. The molecule has 0 radical (unpaired) electrons. The molecule has 1 atom stereocenters. The van der Waals surface area contributed by atoms with Crippen LogP contribution in [0.3, 0.4) is 0 Å². The van der Waals surface area contributed by atoms with Crippen molar-refractivity contribution in [1.82, 2.24) is 9.80 Å². The molecule has 21 heavy (non-hydrogen) atoms. The maximum Gasteiger partial charge on any atom is 0.178 e. The number of hydrogen-bond acceptors (Lipinski definition) is 3. The fourth-order valence-corrected chi connectivity index (χ4v) is 4.02. The molecule has 3 heteroatoms. The maximum atomic E-state index is 6.62. The van der Waals surface area contributed by atoms with Gasteiger partial charge in [-0.3, -0.25) is 9.80 Å². The van der Waals surface area contributed by atoms with Crippen LogP contribution < -0.4 is 0 Å². The van der Waals surface area contributed by atoms with Crippen LogP contribution >= 0.6 is 0 Å². The van der Waals surface area contributed by atoms with Crippen LogP contribution in [0.4, 0.5) is 0 Å². The van der Waals surface area contributed by atoms with E-state index in [0.29, 0.717) is 0 Å². The second kappa shape index (κ2) is 5.82. The summed E-state index contributed by atoms with van der Waals surface area (Å²) >= 11 is 0. The minimum atomic E-state index is -0.352. The second-order valence-corrected chi connectivity index (χ2v) is 9.18. The van der Waals surface area contributed by atoms with Crippen molar-refractivity contribution < 1.29 is 4.74 Å². The number of hydrogen-bond donors (Lipinski definition) is 0. The lowest BCUT2D eigenvalue weighted by atomic mass is 9.95. The normalized spacial score (nSPS) is 26.6. The average Bonchev–Trinajstić information content (AvgIpc) is 2.51. The van der Waals surface area contributed by atoms with Crippen LogP contribution in [-0.4, -0.2) is 45.4 Å². The van der Waals surface area contributed by atoms with Crippen LogP contribution in [-0.2, 0) is 4.74 Å². The third kappa shape index (κ3) is 4.20. The molecule has 1 aliphatic heterocycles. The molecule has 126 valence electrons. The molecule has 1 unspecified atom stereocenters. The standard InChI is InChI=1S/C18H38N2O/c1-11-12-17(8,9)20-14-13-19(15(2,3)4)18(20,10)21-16(5,6)7/h11-14H2,1-10H3. The molecule has 1 fully saturated rings. The summed E-state index contributed by atoms with van der Waals surface area (Å²) in [6.07, 6.45) is 2.39. The number of nitrogens with zero attached hydrogens (tertiary/aromatic N) is 2. The molecule has 1 aliphatic rings. The predicted octanol–water partition coefficient (Wildman–Crippen LogP) is 4.47. The largest absolute Gasteiger partial charge is 0.341 e. The molecule has 1 saturated heterocycles. The van der Waals surface area contributed by atoms with Crippen LogP contribution in [0, 0.1) is 0 Å². The van der Waals surface area contributed by atoms with Gasteiger partial charge in [-0.1, -0.05) is 13.3 Å². The first-order valence-corrected chi connectivity index (χ1v) is 8.50. The third-order valence-corrected chi connectivity index (χ3v) is 4.45. The molecule has 0 spiro atoms. The lowest BCUT2D eigenvalue weighted by Crippen LogP contribution is -2.65. The van der Waals surface area contributed by atoms with E-state index in [1.165, 1.54) is 12.8 Å². The van der Waals surface area contributed by atoms with Gasteiger partial charge in [0.2, 0.25) is 0 Å². The van der Waals surface area contributed by atoms with Gasteiger partial charge in [-0.05, 0) is 68.7 Å². The molecule has 0 aromatic heterocycles. The van der Waals surface area contributed by atoms with E-state index in [1.54, 1.807) is 0 Å². The van der Waals surface area contributed by atoms with E-state index in [2.05, 4.69) is 79.0 Å². The first-order chi connectivity index (χ1) is 9.24. The SMILES string of the molecule is CCCC(C)(C)N1CCN(C(C)(C)C)C1(C)OC(C)(C)C. The van der Waals surface area contributed by atoms with Crippen molar-refractivity contribution >= 4 is 0 Å². The molecule has 3 nitrogen and oxygen atoms in total. The van der Waals surface area contributed by atoms with E-state index in [4.69, 9.17) is 4.74 Å². The Morgan fingerprint density at radius 3 is 1.76 bits per heavy atom. The molecule has 1 rings (SSSR count). The highest BCUT2D eigenvalue weighted by molar-refractivity contribution is 5.00. The Kier molecular flexibility index (Phi) is 5.25. The summed E-state index contributed by atoms with van der Waals surface area (Å²) in [5.41, 5.74) is 0.0783. The lowest BCUT2D eigenvalue weighted by molar-refractivity contribution is -0.281. The van der Waals surface area contributed by atoms with Gasteiger partial charge < -0.3 is 4.74 Å². The van der Waals surface area contributed by atoms with Gasteiger partial charge in [-0.25, -0.2) is 0 Å². The van der Waals surface area contributed by atoms with Crippen molar-refractivity contribution in [3.05, 3.63) is 0 Å². The zero-order valence-electron chi connectivity index (χ0n) is 16.1. The van der Waals surface area contributed by atoms with Gasteiger partial charge in [-0.2, -0.15) is 0 Å². The van der Waals surface area contributed by atoms with E-state index in [9.17, 15) is 0 Å². The van der Waals surface area contributed by atoms with Crippen LogP contribution in [0.15, 0.2) is 0 Å². The van der Waals surface area contributed by atoms with Crippen LogP contribution in [0.5, 0.6) is 0 Å². The molecule has 1 heterocycles. The molecular weight excluding hydrogens is 260 g/mol. The highest BCUT2D eigenvalue weighted by Gasteiger charge is 2.54. The molecule has 0 aromatic carbocycles. The highest BCUT2D eigenvalue weighted by Crippen LogP contribution is 2.42. The van der Waals surface area contributed by atoms with Gasteiger partial charge in [-0.15, -0.1) is 0 Å². The smallest absolute Gasteiger partial charge is 0.178 e. The van der Waals surface area contributed by atoms with E-state index in [-0.39, 0.29) is 22.5 Å². The van der Waals surface area contributed by atoms with Crippen molar-refractivity contribution in [3.8, 4) is 0 Å². The number of ether oxygens (including phenoxy) is 1. The van der Waals surface area contributed by atoms with Crippen molar-refractivity contribution in [2.24, 2.45) is 0 Å². The fourth-order valence-electron chi connectivity index (χ4n) is 4.02. The van der Waals surface area contributed by atoms with Crippen LogP contribution in [0.2, 0.25) is 0 Å². The number of rotatable bonds is 4. The van der Waals surface area contributed by atoms with Gasteiger partial charge in [0.15, 0.2) is 5.85 Å². The molecule has 0 bridgehead atoms. The monoisotopic (exact) mass is 298 g/mol. The van der Waals surface area contributed by atoms with Crippen molar-refractivity contribution in [1.29, 1.82) is 0 Å². The Labute approximate surface area is 133 Å². The van der Waals surface area contributed by atoms with E-state index < -0.39 is 0 Å². The maximum absolute atomic E-state index is 6.62. The molecule has 0 amide bonds. The van der Waals surface area contributed by atoms with E-state index in [1.807, 2.05) is 0 Å². The minimum absolute atomic E-state index is 0.0943. The summed E-state index contributed by atoms with van der Waals surface area (Å²) in [6, 6.07) is 0. The van der Waals surface area contributed by atoms with Gasteiger partial charge in [0.05, 0.1) is 5.60 Å². The lowest BCUT2D eigenvalue weighted by Gasteiger charge is -2.53. The van der Waals surface area contributed by atoms with Crippen LogP contribution in [0.1, 0.15) is 82.1 Å². The minimum Gasteiger partial charge on any atom is -0.341 e. The Bertz CT molecular complexity index is 351. The summed E-state index contributed by atoms with van der Waals surface area (Å²) in [5, 5.41) is 0. The second-order valence-electron chi connectivity index (χ2n) is 9.18. The van der Waals surface area contributed by atoms with E-state index in [0.717, 1.165) is 13.1 Å². The highest BCUT2D eigenvalue weighted by atomic mass is 16.6. The fraction of sp³-hybridized carbons (Fsp3) is 1.00. The summed E-state index contributed by atoms with van der Waals surface area (Å²) in [5.74, 6) is -0.352.